The summed E-state index contributed by atoms with van der Waals surface area (Å²) in [6.07, 6.45) is 0.736. The van der Waals surface area contributed by atoms with Crippen molar-refractivity contribution >= 4 is 11.6 Å². The van der Waals surface area contributed by atoms with Crippen LogP contribution in [0.4, 0.5) is 14.5 Å². The zero-order valence-electron chi connectivity index (χ0n) is 18.7. The summed E-state index contributed by atoms with van der Waals surface area (Å²) in [6.45, 7) is 6.51. The minimum absolute atomic E-state index is 0.211. The van der Waals surface area contributed by atoms with Crippen molar-refractivity contribution in [1.82, 2.24) is 10.6 Å². The number of benzene rings is 2. The highest BCUT2D eigenvalue weighted by Gasteiger charge is 2.19. The lowest BCUT2D eigenvalue weighted by molar-refractivity contribution is 0.145. The first kappa shape index (κ1) is 23.8. The molecule has 3 N–H and O–H groups in total. The second-order valence-electron chi connectivity index (χ2n) is 7.94. The van der Waals surface area contributed by atoms with Crippen LogP contribution in [0, 0.1) is 11.6 Å². The molecule has 32 heavy (non-hydrogen) atoms. The minimum atomic E-state index is -0.397. The van der Waals surface area contributed by atoms with Gasteiger partial charge >= 0.3 is 0 Å². The number of guanidine groups is 1. The molecule has 8 heteroatoms. The van der Waals surface area contributed by atoms with E-state index in [1.807, 2.05) is 24.8 Å². The molecular formula is C24H32F2N4O2. The van der Waals surface area contributed by atoms with Crippen LogP contribution in [-0.4, -0.2) is 49.5 Å². The number of hydrogen-bond donors (Lipinski definition) is 3. The zero-order valence-corrected chi connectivity index (χ0v) is 18.7. The Kier molecular flexibility index (Phi) is 8.67. The second kappa shape index (κ2) is 11.7. The number of rotatable bonds is 8. The van der Waals surface area contributed by atoms with Gasteiger partial charge in [-0.1, -0.05) is 18.2 Å². The first-order valence-electron chi connectivity index (χ1n) is 11.1. The van der Waals surface area contributed by atoms with E-state index in [1.54, 1.807) is 24.3 Å². The molecule has 0 aliphatic carbocycles. The third kappa shape index (κ3) is 6.82. The lowest BCUT2D eigenvalue weighted by atomic mass is 10.1. The van der Waals surface area contributed by atoms with E-state index in [-0.39, 0.29) is 23.8 Å². The summed E-state index contributed by atoms with van der Waals surface area (Å²) >= 11 is 0. The molecule has 1 heterocycles. The van der Waals surface area contributed by atoms with Crippen LogP contribution in [0.15, 0.2) is 47.5 Å². The highest BCUT2D eigenvalue weighted by molar-refractivity contribution is 5.79. The summed E-state index contributed by atoms with van der Waals surface area (Å²) in [5.41, 5.74) is 1.32. The number of halogens is 2. The van der Waals surface area contributed by atoms with E-state index >= 15 is 0 Å². The van der Waals surface area contributed by atoms with Crippen molar-refractivity contribution < 1.29 is 18.6 Å². The number of aliphatic hydroxyl groups excluding tert-OH is 1. The molecule has 1 atom stereocenters. The molecule has 1 fully saturated rings. The first-order valence-corrected chi connectivity index (χ1v) is 11.1. The topological polar surface area (TPSA) is 69.1 Å². The van der Waals surface area contributed by atoms with Crippen LogP contribution < -0.4 is 20.3 Å². The summed E-state index contributed by atoms with van der Waals surface area (Å²) in [7, 11) is 0. The molecule has 0 bridgehead atoms. The molecule has 0 amide bonds. The van der Waals surface area contributed by atoms with E-state index in [9.17, 15) is 13.9 Å². The molecule has 3 rings (SSSR count). The van der Waals surface area contributed by atoms with Crippen LogP contribution in [0.2, 0.25) is 0 Å². The highest BCUT2D eigenvalue weighted by Crippen LogP contribution is 2.24. The van der Waals surface area contributed by atoms with Crippen molar-refractivity contribution in [3.63, 3.8) is 0 Å². The Bertz CT molecular complexity index is 901. The zero-order chi connectivity index (χ0) is 22.9. The number of hydrogen-bond acceptors (Lipinski definition) is 4. The fourth-order valence-corrected chi connectivity index (χ4v) is 3.56. The Morgan fingerprint density at radius 3 is 2.59 bits per heavy atom. The summed E-state index contributed by atoms with van der Waals surface area (Å²) in [5, 5.41) is 16.0. The van der Waals surface area contributed by atoms with E-state index in [4.69, 9.17) is 4.74 Å². The fraction of sp³-hybridized carbons (Fsp3) is 0.458. The van der Waals surface area contributed by atoms with Crippen molar-refractivity contribution in [3.05, 3.63) is 59.7 Å². The Morgan fingerprint density at radius 2 is 1.91 bits per heavy atom. The summed E-state index contributed by atoms with van der Waals surface area (Å²) in [6, 6.07) is 11.5. The average Bonchev–Trinajstić information content (AvgIpc) is 2.78. The molecule has 0 radical (unpaired) electrons. The molecule has 1 unspecified atom stereocenters. The number of aliphatic imine (C=N–C) groups is 1. The molecule has 0 saturated carbocycles. The predicted octanol–water partition coefficient (Wildman–Crippen LogP) is 3.45. The minimum Gasteiger partial charge on any atom is -0.486 e. The standard InChI is InChI=1S/C24H32F2N4O2/c1-3-27-24(28-15-17(2)32-23-7-5-4-6-20(23)25)29-16-18-8-9-22(21(26)14-18)30-12-10-19(31)11-13-30/h4-9,14,17,19,31H,3,10-13,15-16H2,1-2H3,(H2,27,28,29). The van der Waals surface area contributed by atoms with Gasteiger partial charge in [-0.2, -0.15) is 0 Å². The van der Waals surface area contributed by atoms with Gasteiger partial charge in [0.05, 0.1) is 24.9 Å². The van der Waals surface area contributed by atoms with Gasteiger partial charge in [0.15, 0.2) is 17.5 Å². The summed E-state index contributed by atoms with van der Waals surface area (Å²) in [5.74, 6) is 0.110. The summed E-state index contributed by atoms with van der Waals surface area (Å²) < 4.78 is 34.1. The van der Waals surface area contributed by atoms with Gasteiger partial charge in [-0.05, 0) is 56.5 Å². The molecule has 174 valence electrons. The molecular weight excluding hydrogens is 414 g/mol. The van der Waals surface area contributed by atoms with Gasteiger partial charge in [0.2, 0.25) is 0 Å². The van der Waals surface area contributed by atoms with Gasteiger partial charge in [0.25, 0.3) is 0 Å². The van der Waals surface area contributed by atoms with Crippen molar-refractivity contribution in [2.24, 2.45) is 4.99 Å². The van der Waals surface area contributed by atoms with Gasteiger partial charge < -0.3 is 25.4 Å². The largest absolute Gasteiger partial charge is 0.486 e. The quantitative estimate of drug-likeness (QED) is 0.428. The number of aliphatic hydroxyl groups is 1. The van der Waals surface area contributed by atoms with Crippen molar-refractivity contribution in [2.75, 3.05) is 31.1 Å². The van der Waals surface area contributed by atoms with Crippen LogP contribution in [0.25, 0.3) is 0 Å². The summed E-state index contributed by atoms with van der Waals surface area (Å²) in [4.78, 5) is 6.49. The molecule has 2 aromatic carbocycles. The second-order valence-corrected chi connectivity index (χ2v) is 7.94. The van der Waals surface area contributed by atoms with Gasteiger partial charge in [-0.15, -0.1) is 0 Å². The normalized spacial score (nSPS) is 16.0. The third-order valence-electron chi connectivity index (χ3n) is 5.30. The van der Waals surface area contributed by atoms with Gasteiger partial charge in [0, 0.05) is 19.6 Å². The van der Waals surface area contributed by atoms with Crippen LogP contribution in [0.3, 0.4) is 0 Å². The molecule has 2 aromatic rings. The van der Waals surface area contributed by atoms with E-state index in [0.717, 1.165) is 5.56 Å². The smallest absolute Gasteiger partial charge is 0.191 e. The molecule has 1 aliphatic rings. The average molecular weight is 447 g/mol. The molecule has 1 saturated heterocycles. The van der Waals surface area contributed by atoms with Gasteiger partial charge in [0.1, 0.15) is 11.9 Å². The Morgan fingerprint density at radius 1 is 1.16 bits per heavy atom. The maximum atomic E-state index is 14.7. The van der Waals surface area contributed by atoms with E-state index in [0.29, 0.717) is 57.2 Å². The van der Waals surface area contributed by atoms with Crippen LogP contribution >= 0.6 is 0 Å². The Hall–Kier alpha value is -2.87. The van der Waals surface area contributed by atoms with E-state index in [1.165, 1.54) is 12.1 Å². The number of ether oxygens (including phenoxy) is 1. The maximum Gasteiger partial charge on any atom is 0.191 e. The number of nitrogens with one attached hydrogen (secondary N) is 2. The van der Waals surface area contributed by atoms with Gasteiger partial charge in [-0.3, -0.25) is 0 Å². The van der Waals surface area contributed by atoms with Crippen molar-refractivity contribution in [2.45, 2.75) is 45.4 Å². The lowest BCUT2D eigenvalue weighted by Crippen LogP contribution is -2.41. The Labute approximate surface area is 188 Å². The van der Waals surface area contributed by atoms with Crippen LogP contribution in [0.5, 0.6) is 5.75 Å². The van der Waals surface area contributed by atoms with Crippen molar-refractivity contribution in [3.8, 4) is 5.75 Å². The number of anilines is 1. The monoisotopic (exact) mass is 446 g/mol. The first-order chi connectivity index (χ1) is 15.5. The fourth-order valence-electron chi connectivity index (χ4n) is 3.56. The van der Waals surface area contributed by atoms with E-state index < -0.39 is 5.82 Å². The number of piperidine rings is 1. The molecule has 0 aromatic heterocycles. The highest BCUT2D eigenvalue weighted by atomic mass is 19.1. The van der Waals surface area contributed by atoms with Crippen LogP contribution in [-0.2, 0) is 6.54 Å². The molecule has 0 spiro atoms. The lowest BCUT2D eigenvalue weighted by Gasteiger charge is -2.31. The van der Waals surface area contributed by atoms with E-state index in [2.05, 4.69) is 15.6 Å². The number of para-hydroxylation sites is 1. The predicted molar refractivity (Wildman–Crippen MR) is 123 cm³/mol. The number of nitrogens with zero attached hydrogens (tertiary/aromatic N) is 2. The van der Waals surface area contributed by atoms with Crippen LogP contribution in [0.1, 0.15) is 32.3 Å². The SMILES string of the molecule is CCNC(=NCc1ccc(N2CCC(O)CC2)c(F)c1)NCC(C)Oc1ccccc1F. The third-order valence-corrected chi connectivity index (χ3v) is 5.30. The Balaban J connectivity index is 1.56. The molecule has 1 aliphatic heterocycles. The molecule has 6 nitrogen and oxygen atoms in total. The van der Waals surface area contributed by atoms with Gasteiger partial charge in [-0.25, -0.2) is 13.8 Å². The van der Waals surface area contributed by atoms with Crippen molar-refractivity contribution in [1.29, 1.82) is 0 Å². The maximum absolute atomic E-state index is 14.7.